The highest BCUT2D eigenvalue weighted by Crippen LogP contribution is 2.39. The van der Waals surface area contributed by atoms with Crippen LogP contribution >= 0.6 is 11.6 Å². The van der Waals surface area contributed by atoms with E-state index in [2.05, 4.69) is 15.6 Å². The van der Waals surface area contributed by atoms with Crippen LogP contribution in [0.15, 0.2) is 71.9 Å². The highest BCUT2D eigenvalue weighted by molar-refractivity contribution is 7.89. The number of aromatic nitrogens is 1. The third-order valence-electron chi connectivity index (χ3n) is 8.06. The number of rotatable bonds is 9. The molecule has 0 aliphatic carbocycles. The molecule has 2 aliphatic rings. The number of ether oxygens (including phenoxy) is 1. The van der Waals surface area contributed by atoms with E-state index >= 15 is 4.39 Å². The maximum atomic E-state index is 15.1. The molecule has 0 unspecified atom stereocenters. The van der Waals surface area contributed by atoms with Crippen LogP contribution in [0.4, 0.5) is 10.1 Å². The van der Waals surface area contributed by atoms with Crippen molar-refractivity contribution in [1.29, 1.82) is 0 Å². The van der Waals surface area contributed by atoms with Crippen molar-refractivity contribution in [3.8, 4) is 0 Å². The van der Waals surface area contributed by atoms with Gasteiger partial charge in [0.2, 0.25) is 15.9 Å². The van der Waals surface area contributed by atoms with Gasteiger partial charge >= 0.3 is 0 Å². The van der Waals surface area contributed by atoms with Crippen molar-refractivity contribution in [1.82, 2.24) is 14.6 Å². The summed E-state index contributed by atoms with van der Waals surface area (Å²) in [6.07, 6.45) is 4.72. The molecule has 2 N–H and O–H groups in total. The van der Waals surface area contributed by atoms with Crippen LogP contribution in [-0.4, -0.2) is 62.5 Å². The average Bonchev–Trinajstić information content (AvgIpc) is 2.98. The van der Waals surface area contributed by atoms with Gasteiger partial charge in [0, 0.05) is 61.3 Å². The Morgan fingerprint density at radius 3 is 2.59 bits per heavy atom. The fraction of sp³-hybridized carbons (Fsp3) is 0.400. The van der Waals surface area contributed by atoms with E-state index in [0.29, 0.717) is 68.4 Å². The molecule has 11 heteroatoms. The topological polar surface area (TPSA) is 101 Å². The Morgan fingerprint density at radius 2 is 1.85 bits per heavy atom. The lowest BCUT2D eigenvalue weighted by Crippen LogP contribution is -2.53. The van der Waals surface area contributed by atoms with Crippen LogP contribution in [0.3, 0.4) is 0 Å². The number of nitrogens with zero attached hydrogens (tertiary/aromatic N) is 2. The number of carbonyl (C=O) groups is 1. The first-order valence-corrected chi connectivity index (χ1v) is 15.6. The van der Waals surface area contributed by atoms with Crippen LogP contribution in [0.1, 0.15) is 36.8 Å². The minimum absolute atomic E-state index is 0.198. The highest BCUT2D eigenvalue weighted by Gasteiger charge is 2.37. The van der Waals surface area contributed by atoms with E-state index in [1.54, 1.807) is 30.3 Å². The molecule has 41 heavy (non-hydrogen) atoms. The fourth-order valence-corrected chi connectivity index (χ4v) is 7.60. The van der Waals surface area contributed by atoms with Gasteiger partial charge in [-0.2, -0.15) is 4.31 Å². The van der Waals surface area contributed by atoms with Crippen molar-refractivity contribution in [2.45, 2.75) is 48.5 Å². The summed E-state index contributed by atoms with van der Waals surface area (Å²) in [5.41, 5.74) is 1.20. The van der Waals surface area contributed by atoms with Gasteiger partial charge in [-0.05, 0) is 55.5 Å². The van der Waals surface area contributed by atoms with Crippen molar-refractivity contribution in [2.24, 2.45) is 0 Å². The van der Waals surface area contributed by atoms with E-state index < -0.39 is 21.3 Å². The molecule has 1 aromatic heterocycles. The molecule has 3 aromatic rings. The van der Waals surface area contributed by atoms with Crippen molar-refractivity contribution < 1.29 is 22.3 Å². The normalized spacial score (nSPS) is 19.5. The van der Waals surface area contributed by atoms with Crippen molar-refractivity contribution in [2.75, 3.05) is 38.2 Å². The Labute approximate surface area is 245 Å². The molecule has 0 radical (unpaired) electrons. The van der Waals surface area contributed by atoms with Gasteiger partial charge in [0.25, 0.3) is 0 Å². The molecule has 1 amide bonds. The predicted octanol–water partition coefficient (Wildman–Crippen LogP) is 4.55. The third-order valence-corrected chi connectivity index (χ3v) is 10.3. The second kappa shape index (κ2) is 13.0. The minimum Gasteiger partial charge on any atom is -0.381 e. The summed E-state index contributed by atoms with van der Waals surface area (Å²) in [5, 5.41) is 6.78. The molecule has 0 spiro atoms. The number of anilines is 1. The number of hydrogen-bond donors (Lipinski definition) is 2. The molecule has 2 fully saturated rings. The molecular formula is C30H34ClFN4O4S. The first-order valence-electron chi connectivity index (χ1n) is 13.8. The van der Waals surface area contributed by atoms with Crippen LogP contribution in [0.2, 0.25) is 5.02 Å². The zero-order valence-electron chi connectivity index (χ0n) is 22.7. The number of benzene rings is 2. The smallest absolute Gasteiger partial charge is 0.243 e. The largest absolute Gasteiger partial charge is 0.381 e. The highest BCUT2D eigenvalue weighted by atomic mass is 35.5. The van der Waals surface area contributed by atoms with Gasteiger partial charge in [-0.15, -0.1) is 0 Å². The number of halogens is 2. The van der Waals surface area contributed by atoms with Gasteiger partial charge in [0.1, 0.15) is 5.82 Å². The number of piperazine rings is 1. The zero-order valence-corrected chi connectivity index (χ0v) is 24.3. The Kier molecular flexibility index (Phi) is 9.35. The molecule has 1 atom stereocenters. The second-order valence-corrected chi connectivity index (χ2v) is 12.9. The Morgan fingerprint density at radius 1 is 1.12 bits per heavy atom. The summed E-state index contributed by atoms with van der Waals surface area (Å²) in [4.78, 5) is 17.6. The second-order valence-electron chi connectivity index (χ2n) is 10.6. The maximum absolute atomic E-state index is 15.1. The molecule has 2 aromatic carbocycles. The number of hydrogen-bond acceptors (Lipinski definition) is 6. The number of amides is 1. The number of carbonyl (C=O) groups excluding carboxylic acids is 1. The lowest BCUT2D eigenvalue weighted by molar-refractivity contribution is -0.118. The standard InChI is InChI=1S/C30H34ClFN4O4S/c31-23-8-6-22(7-9-23)30(12-16-40-17-13-30)18-29(37)35-28-21-34-20-27(32)26(28)11-10-24-19-33-14-15-36(24)41(38,39)25-4-2-1-3-5-25/h1-9,20-21,24,33H,10-19H2,(H,35,37)/t24-/m0/s1. The van der Waals surface area contributed by atoms with Crippen molar-refractivity contribution in [3.05, 3.63) is 89.0 Å². The number of pyridine rings is 1. The van der Waals surface area contributed by atoms with Crippen LogP contribution in [-0.2, 0) is 31.4 Å². The third kappa shape index (κ3) is 6.79. The predicted molar refractivity (Wildman–Crippen MR) is 156 cm³/mol. The van der Waals surface area contributed by atoms with Gasteiger partial charge in [-0.1, -0.05) is 41.9 Å². The van der Waals surface area contributed by atoms with Crippen LogP contribution < -0.4 is 10.6 Å². The monoisotopic (exact) mass is 600 g/mol. The maximum Gasteiger partial charge on any atom is 0.243 e. The Bertz CT molecular complexity index is 1450. The van der Waals surface area contributed by atoms with Crippen molar-refractivity contribution in [3.63, 3.8) is 0 Å². The molecule has 2 saturated heterocycles. The number of nitrogens with one attached hydrogen (secondary N) is 2. The van der Waals surface area contributed by atoms with Crippen LogP contribution in [0.5, 0.6) is 0 Å². The SMILES string of the molecule is O=C(CC1(c2ccc(Cl)cc2)CCOCC1)Nc1cncc(F)c1CC[C@H]1CNCCN1S(=O)(=O)c1ccccc1. The average molecular weight is 601 g/mol. The summed E-state index contributed by atoms with van der Waals surface area (Å²) in [6, 6.07) is 15.5. The van der Waals surface area contributed by atoms with Gasteiger partial charge in [0.15, 0.2) is 0 Å². The first kappa shape index (κ1) is 29.6. The van der Waals surface area contributed by atoms with E-state index in [-0.39, 0.29) is 29.7 Å². The van der Waals surface area contributed by atoms with Crippen LogP contribution in [0.25, 0.3) is 0 Å². The molecule has 5 rings (SSSR count). The van der Waals surface area contributed by atoms with E-state index in [1.165, 1.54) is 10.5 Å². The molecule has 218 valence electrons. The van der Waals surface area contributed by atoms with E-state index in [0.717, 1.165) is 11.8 Å². The molecule has 0 saturated carbocycles. The molecule has 3 heterocycles. The molecule has 8 nitrogen and oxygen atoms in total. The van der Waals surface area contributed by atoms with E-state index in [9.17, 15) is 13.2 Å². The van der Waals surface area contributed by atoms with Gasteiger partial charge in [0.05, 0.1) is 23.0 Å². The van der Waals surface area contributed by atoms with Gasteiger partial charge in [-0.25, -0.2) is 12.8 Å². The van der Waals surface area contributed by atoms with Crippen LogP contribution in [0, 0.1) is 5.82 Å². The van der Waals surface area contributed by atoms with Crippen molar-refractivity contribution >= 4 is 33.2 Å². The molecular weight excluding hydrogens is 567 g/mol. The summed E-state index contributed by atoms with van der Waals surface area (Å²) < 4.78 is 48.9. The lowest BCUT2D eigenvalue weighted by Gasteiger charge is -2.37. The molecule has 0 bridgehead atoms. The van der Waals surface area contributed by atoms with Gasteiger partial charge in [-0.3, -0.25) is 9.78 Å². The zero-order chi connectivity index (χ0) is 28.9. The summed E-state index contributed by atoms with van der Waals surface area (Å²) in [5.74, 6) is -0.786. The summed E-state index contributed by atoms with van der Waals surface area (Å²) in [6.45, 7) is 2.39. The summed E-state index contributed by atoms with van der Waals surface area (Å²) >= 11 is 6.11. The molecule has 2 aliphatic heterocycles. The Balaban J connectivity index is 1.32. The fourth-order valence-electron chi connectivity index (χ4n) is 5.80. The van der Waals surface area contributed by atoms with E-state index in [4.69, 9.17) is 16.3 Å². The van der Waals surface area contributed by atoms with E-state index in [1.807, 2.05) is 24.3 Å². The van der Waals surface area contributed by atoms with Gasteiger partial charge < -0.3 is 15.4 Å². The minimum atomic E-state index is -3.71. The quantitative estimate of drug-likeness (QED) is 0.374. The Hall–Kier alpha value is -2.89. The summed E-state index contributed by atoms with van der Waals surface area (Å²) in [7, 11) is -3.71. The lowest BCUT2D eigenvalue weighted by atomic mass is 9.71. The number of sulfonamides is 1. The first-order chi connectivity index (χ1) is 19.8.